The van der Waals surface area contributed by atoms with Crippen molar-refractivity contribution in [3.63, 3.8) is 0 Å². The number of benzene rings is 2. The third-order valence-corrected chi connectivity index (χ3v) is 3.84. The summed E-state index contributed by atoms with van der Waals surface area (Å²) in [6, 6.07) is 13.6. The van der Waals surface area contributed by atoms with Gasteiger partial charge in [0.2, 0.25) is 0 Å². The van der Waals surface area contributed by atoms with Crippen molar-refractivity contribution < 1.29 is 9.18 Å². The summed E-state index contributed by atoms with van der Waals surface area (Å²) < 4.78 is 12.9. The van der Waals surface area contributed by atoms with Gasteiger partial charge in [-0.15, -0.1) is 0 Å². The second-order valence-corrected chi connectivity index (χ2v) is 6.15. The van der Waals surface area contributed by atoms with Crippen LogP contribution in [0.4, 0.5) is 21.6 Å². The molecular weight excluding hydrogens is 331 g/mol. The van der Waals surface area contributed by atoms with Gasteiger partial charge < -0.3 is 10.6 Å². The largest absolute Gasteiger partial charge is 0.339 e. The molecular formula is C20H19FN4O. The van der Waals surface area contributed by atoms with Crippen LogP contribution in [0.25, 0.3) is 0 Å². The van der Waals surface area contributed by atoms with Crippen molar-refractivity contribution in [1.82, 2.24) is 9.97 Å². The first-order chi connectivity index (χ1) is 12.5. The van der Waals surface area contributed by atoms with Crippen molar-refractivity contribution in [2.75, 3.05) is 10.6 Å². The molecule has 0 aliphatic carbocycles. The van der Waals surface area contributed by atoms with Crippen molar-refractivity contribution in [2.24, 2.45) is 0 Å². The molecule has 1 amide bonds. The van der Waals surface area contributed by atoms with E-state index in [9.17, 15) is 9.18 Å². The van der Waals surface area contributed by atoms with Gasteiger partial charge in [0.15, 0.2) is 0 Å². The number of amides is 1. The minimum atomic E-state index is -0.406. The van der Waals surface area contributed by atoms with Crippen molar-refractivity contribution in [1.29, 1.82) is 0 Å². The SMILES string of the molecule is CC(C)c1ccc(Nc2cnc(C(=O)Nc3ccc(F)cc3)cn2)cc1. The molecule has 0 spiro atoms. The first-order valence-corrected chi connectivity index (χ1v) is 8.27. The zero-order chi connectivity index (χ0) is 18.5. The lowest BCUT2D eigenvalue weighted by Gasteiger charge is -2.09. The van der Waals surface area contributed by atoms with Crippen molar-refractivity contribution in [3.8, 4) is 0 Å². The van der Waals surface area contributed by atoms with E-state index in [4.69, 9.17) is 0 Å². The molecule has 0 aliphatic rings. The summed E-state index contributed by atoms with van der Waals surface area (Å²) in [4.78, 5) is 20.5. The molecule has 0 atom stereocenters. The van der Waals surface area contributed by atoms with E-state index < -0.39 is 5.91 Å². The Morgan fingerprint density at radius 3 is 2.15 bits per heavy atom. The van der Waals surface area contributed by atoms with Crippen molar-refractivity contribution in [3.05, 3.63) is 78.0 Å². The Hall–Kier alpha value is -3.28. The summed E-state index contributed by atoms with van der Waals surface area (Å²) in [5.41, 5.74) is 2.82. The van der Waals surface area contributed by atoms with Gasteiger partial charge in [-0.2, -0.15) is 0 Å². The summed E-state index contributed by atoms with van der Waals surface area (Å²) in [6.07, 6.45) is 2.89. The molecule has 3 aromatic rings. The van der Waals surface area contributed by atoms with Gasteiger partial charge in [-0.25, -0.2) is 14.4 Å². The predicted molar refractivity (Wildman–Crippen MR) is 100 cm³/mol. The molecule has 26 heavy (non-hydrogen) atoms. The van der Waals surface area contributed by atoms with Crippen LogP contribution in [0.3, 0.4) is 0 Å². The van der Waals surface area contributed by atoms with Gasteiger partial charge >= 0.3 is 0 Å². The fourth-order valence-corrected chi connectivity index (χ4v) is 2.34. The molecule has 0 saturated carbocycles. The van der Waals surface area contributed by atoms with Crippen LogP contribution in [0.15, 0.2) is 60.9 Å². The van der Waals surface area contributed by atoms with Gasteiger partial charge in [0.1, 0.15) is 17.3 Å². The second kappa shape index (κ2) is 7.74. The quantitative estimate of drug-likeness (QED) is 0.698. The van der Waals surface area contributed by atoms with Gasteiger partial charge in [0.05, 0.1) is 12.4 Å². The summed E-state index contributed by atoms with van der Waals surface area (Å²) in [7, 11) is 0. The average molecular weight is 350 g/mol. The number of aromatic nitrogens is 2. The van der Waals surface area contributed by atoms with E-state index in [0.717, 1.165) is 5.69 Å². The number of anilines is 3. The maximum atomic E-state index is 12.9. The Morgan fingerprint density at radius 1 is 0.923 bits per heavy atom. The normalized spacial score (nSPS) is 10.6. The fourth-order valence-electron chi connectivity index (χ4n) is 2.34. The minimum absolute atomic E-state index is 0.176. The van der Waals surface area contributed by atoms with Gasteiger partial charge in [0.25, 0.3) is 5.91 Å². The topological polar surface area (TPSA) is 66.9 Å². The van der Waals surface area contributed by atoms with E-state index >= 15 is 0 Å². The van der Waals surface area contributed by atoms with E-state index in [1.807, 2.05) is 12.1 Å². The maximum absolute atomic E-state index is 12.9. The molecule has 2 aromatic carbocycles. The first-order valence-electron chi connectivity index (χ1n) is 8.27. The lowest BCUT2D eigenvalue weighted by Crippen LogP contribution is -2.14. The van der Waals surface area contributed by atoms with Crippen molar-refractivity contribution >= 4 is 23.1 Å². The molecule has 1 aromatic heterocycles. The minimum Gasteiger partial charge on any atom is -0.339 e. The smallest absolute Gasteiger partial charge is 0.275 e. The Labute approximate surface area is 151 Å². The fraction of sp³-hybridized carbons (Fsp3) is 0.150. The molecule has 132 valence electrons. The number of nitrogens with one attached hydrogen (secondary N) is 2. The zero-order valence-electron chi connectivity index (χ0n) is 14.5. The van der Waals surface area contributed by atoms with E-state index in [1.165, 1.54) is 42.2 Å². The molecule has 0 fully saturated rings. The van der Waals surface area contributed by atoms with Gasteiger partial charge in [0, 0.05) is 11.4 Å². The molecule has 0 aliphatic heterocycles. The Bertz CT molecular complexity index is 875. The van der Waals surface area contributed by atoms with Crippen LogP contribution in [-0.4, -0.2) is 15.9 Å². The monoisotopic (exact) mass is 350 g/mol. The highest BCUT2D eigenvalue weighted by Gasteiger charge is 2.09. The Morgan fingerprint density at radius 2 is 1.58 bits per heavy atom. The van der Waals surface area contributed by atoms with Crippen LogP contribution in [-0.2, 0) is 0 Å². The highest BCUT2D eigenvalue weighted by atomic mass is 19.1. The van der Waals surface area contributed by atoms with E-state index in [-0.39, 0.29) is 11.5 Å². The number of carbonyl (C=O) groups excluding carboxylic acids is 1. The van der Waals surface area contributed by atoms with Crippen LogP contribution < -0.4 is 10.6 Å². The highest BCUT2D eigenvalue weighted by Crippen LogP contribution is 2.19. The summed E-state index contributed by atoms with van der Waals surface area (Å²) in [5.74, 6) is 0.250. The summed E-state index contributed by atoms with van der Waals surface area (Å²) >= 11 is 0. The average Bonchev–Trinajstić information content (AvgIpc) is 2.64. The summed E-state index contributed by atoms with van der Waals surface area (Å²) in [6.45, 7) is 4.28. The molecule has 0 radical (unpaired) electrons. The third kappa shape index (κ3) is 4.42. The number of hydrogen-bond acceptors (Lipinski definition) is 4. The number of nitrogens with zero attached hydrogens (tertiary/aromatic N) is 2. The van der Waals surface area contributed by atoms with Crippen molar-refractivity contribution in [2.45, 2.75) is 19.8 Å². The molecule has 0 bridgehead atoms. The standard InChI is InChI=1S/C20H19FN4O/c1-13(2)14-3-7-16(8-4-14)24-19-12-22-18(11-23-19)20(26)25-17-9-5-15(21)6-10-17/h3-13H,1-2H3,(H,23,24)(H,25,26). The van der Waals surface area contributed by atoms with Crippen LogP contribution in [0.5, 0.6) is 0 Å². The maximum Gasteiger partial charge on any atom is 0.275 e. The molecule has 0 unspecified atom stereocenters. The number of hydrogen-bond donors (Lipinski definition) is 2. The third-order valence-electron chi connectivity index (χ3n) is 3.84. The second-order valence-electron chi connectivity index (χ2n) is 6.15. The van der Waals surface area contributed by atoms with Crippen LogP contribution >= 0.6 is 0 Å². The molecule has 3 rings (SSSR count). The van der Waals surface area contributed by atoms with Crippen LogP contribution in [0, 0.1) is 5.82 Å². The molecule has 0 saturated heterocycles. The lowest BCUT2D eigenvalue weighted by molar-refractivity contribution is 0.102. The number of carbonyl (C=O) groups is 1. The van der Waals surface area contributed by atoms with Gasteiger partial charge in [-0.1, -0.05) is 26.0 Å². The van der Waals surface area contributed by atoms with E-state index in [2.05, 4.69) is 46.6 Å². The zero-order valence-corrected chi connectivity index (χ0v) is 14.5. The van der Waals surface area contributed by atoms with Crippen LogP contribution in [0.2, 0.25) is 0 Å². The molecule has 1 heterocycles. The van der Waals surface area contributed by atoms with Gasteiger partial charge in [-0.05, 0) is 47.9 Å². The molecule has 5 nitrogen and oxygen atoms in total. The molecule has 2 N–H and O–H groups in total. The first kappa shape index (κ1) is 17.5. The Kier molecular flexibility index (Phi) is 5.22. The van der Waals surface area contributed by atoms with Gasteiger partial charge in [-0.3, -0.25) is 4.79 Å². The van der Waals surface area contributed by atoms with E-state index in [0.29, 0.717) is 17.4 Å². The van der Waals surface area contributed by atoms with Crippen LogP contribution in [0.1, 0.15) is 35.8 Å². The predicted octanol–water partition coefficient (Wildman–Crippen LogP) is 4.74. The Balaban J connectivity index is 1.64. The summed E-state index contributed by atoms with van der Waals surface area (Å²) in [5, 5.41) is 5.79. The molecule has 6 heteroatoms. The lowest BCUT2D eigenvalue weighted by atomic mass is 10.0. The van der Waals surface area contributed by atoms with E-state index in [1.54, 1.807) is 0 Å². The highest BCUT2D eigenvalue weighted by molar-refractivity contribution is 6.02. The number of rotatable bonds is 5. The number of halogens is 1.